The molecule has 104 valence electrons. The molecule has 1 aromatic carbocycles. The molecule has 1 rings (SSSR count). The van der Waals surface area contributed by atoms with Crippen LogP contribution >= 0.6 is 0 Å². The van der Waals surface area contributed by atoms with E-state index < -0.39 is 11.0 Å². The van der Waals surface area contributed by atoms with E-state index in [1.807, 2.05) is 13.8 Å². The Kier molecular flexibility index (Phi) is 5.11. The molecule has 1 N–H and O–H groups in total. The fraction of sp³-hybridized carbons (Fsp3) is 0.417. The number of rotatable bonds is 5. The molecule has 0 saturated heterocycles. The maximum absolute atomic E-state index is 11.5. The third-order valence-corrected chi connectivity index (χ3v) is 2.19. The van der Waals surface area contributed by atoms with Crippen LogP contribution in [0, 0.1) is 16.0 Å². The van der Waals surface area contributed by atoms with E-state index in [4.69, 9.17) is 9.47 Å². The predicted molar refractivity (Wildman–Crippen MR) is 69.5 cm³/mol. The van der Waals surface area contributed by atoms with E-state index >= 15 is 0 Å². The summed E-state index contributed by atoms with van der Waals surface area (Å²) in [5.74, 6) is 0.532. The van der Waals surface area contributed by atoms with Gasteiger partial charge in [0.25, 0.3) is 5.69 Å². The minimum atomic E-state index is -0.720. The Hall–Kier alpha value is -2.31. The van der Waals surface area contributed by atoms with Crippen LogP contribution < -0.4 is 10.1 Å². The number of carbonyl (C=O) groups is 1. The van der Waals surface area contributed by atoms with Crippen LogP contribution in [0.4, 0.5) is 16.2 Å². The molecule has 0 radical (unpaired) electrons. The van der Waals surface area contributed by atoms with Crippen molar-refractivity contribution in [2.45, 2.75) is 13.8 Å². The summed E-state index contributed by atoms with van der Waals surface area (Å²) < 4.78 is 9.79. The summed E-state index contributed by atoms with van der Waals surface area (Å²) in [6, 6.07) is 4.15. The lowest BCUT2D eigenvalue weighted by molar-refractivity contribution is -0.384. The van der Waals surface area contributed by atoms with Gasteiger partial charge in [-0.2, -0.15) is 0 Å². The molecular weight excluding hydrogens is 252 g/mol. The summed E-state index contributed by atoms with van der Waals surface area (Å²) in [5, 5.41) is 13.2. The van der Waals surface area contributed by atoms with Gasteiger partial charge in [0.2, 0.25) is 0 Å². The highest BCUT2D eigenvalue weighted by molar-refractivity contribution is 5.88. The van der Waals surface area contributed by atoms with Gasteiger partial charge in [-0.05, 0) is 18.1 Å². The minimum absolute atomic E-state index is 0.0690. The number of nitrogens with zero attached hydrogens (tertiary/aromatic N) is 1. The molecule has 0 aliphatic carbocycles. The molecule has 0 heterocycles. The summed E-state index contributed by atoms with van der Waals surface area (Å²) >= 11 is 0. The highest BCUT2D eigenvalue weighted by Gasteiger charge is 2.17. The van der Waals surface area contributed by atoms with E-state index in [9.17, 15) is 14.9 Å². The lowest BCUT2D eigenvalue weighted by atomic mass is 10.2. The second-order valence-corrected chi connectivity index (χ2v) is 4.26. The van der Waals surface area contributed by atoms with Gasteiger partial charge in [0, 0.05) is 0 Å². The van der Waals surface area contributed by atoms with Gasteiger partial charge in [0.05, 0.1) is 24.7 Å². The van der Waals surface area contributed by atoms with Gasteiger partial charge < -0.3 is 9.47 Å². The Balaban J connectivity index is 2.82. The molecule has 0 aliphatic heterocycles. The van der Waals surface area contributed by atoms with Gasteiger partial charge in [-0.1, -0.05) is 13.8 Å². The molecule has 0 saturated carbocycles. The van der Waals surface area contributed by atoms with Crippen LogP contribution in [-0.2, 0) is 4.74 Å². The summed E-state index contributed by atoms with van der Waals surface area (Å²) in [7, 11) is 1.41. The summed E-state index contributed by atoms with van der Waals surface area (Å²) in [6.45, 7) is 4.03. The van der Waals surface area contributed by atoms with Gasteiger partial charge in [-0.3, -0.25) is 15.4 Å². The molecular formula is C12H16N2O5. The molecule has 0 unspecified atom stereocenters. The van der Waals surface area contributed by atoms with Crippen molar-refractivity contribution in [1.29, 1.82) is 0 Å². The van der Waals surface area contributed by atoms with Crippen LogP contribution in [0.5, 0.6) is 5.75 Å². The smallest absolute Gasteiger partial charge is 0.411 e. The number of hydrogen-bond acceptors (Lipinski definition) is 5. The number of amides is 1. The monoisotopic (exact) mass is 268 g/mol. The zero-order valence-electron chi connectivity index (χ0n) is 11.0. The molecule has 0 atom stereocenters. The van der Waals surface area contributed by atoms with Crippen molar-refractivity contribution in [3.05, 3.63) is 28.3 Å². The SMILES string of the molecule is COc1ccc(NC(=O)OCC(C)C)c([N+](=O)[O-])c1. The van der Waals surface area contributed by atoms with Crippen molar-refractivity contribution in [3.63, 3.8) is 0 Å². The van der Waals surface area contributed by atoms with E-state index in [0.29, 0.717) is 5.75 Å². The normalized spacial score (nSPS) is 10.1. The van der Waals surface area contributed by atoms with Gasteiger partial charge >= 0.3 is 6.09 Å². The Morgan fingerprint density at radius 1 is 1.47 bits per heavy atom. The van der Waals surface area contributed by atoms with Gasteiger partial charge in [-0.15, -0.1) is 0 Å². The molecule has 0 fully saturated rings. The third-order valence-electron chi connectivity index (χ3n) is 2.19. The topological polar surface area (TPSA) is 90.7 Å². The number of ether oxygens (including phenoxy) is 2. The average molecular weight is 268 g/mol. The number of nitro benzene ring substituents is 1. The maximum atomic E-state index is 11.5. The van der Waals surface area contributed by atoms with Crippen molar-refractivity contribution in [3.8, 4) is 5.75 Å². The van der Waals surface area contributed by atoms with Crippen LogP contribution in [0.3, 0.4) is 0 Å². The van der Waals surface area contributed by atoms with Crippen LogP contribution in [0.2, 0.25) is 0 Å². The number of methoxy groups -OCH3 is 1. The standard InChI is InChI=1S/C12H16N2O5/c1-8(2)7-19-12(15)13-10-5-4-9(18-3)6-11(10)14(16)17/h4-6,8H,7H2,1-3H3,(H,13,15). The quantitative estimate of drug-likeness (QED) is 0.655. The predicted octanol–water partition coefficient (Wildman–Crippen LogP) is 2.81. The Morgan fingerprint density at radius 3 is 2.68 bits per heavy atom. The Bertz CT molecular complexity index is 473. The lowest BCUT2D eigenvalue weighted by Crippen LogP contribution is -2.17. The largest absolute Gasteiger partial charge is 0.496 e. The first kappa shape index (κ1) is 14.7. The minimum Gasteiger partial charge on any atom is -0.496 e. The zero-order chi connectivity index (χ0) is 14.4. The summed E-state index contributed by atoms with van der Waals surface area (Å²) in [5.41, 5.74) is -0.180. The molecule has 0 spiro atoms. The van der Waals surface area contributed by atoms with E-state index in [0.717, 1.165) is 0 Å². The molecule has 0 aliphatic rings. The molecule has 1 aromatic rings. The summed E-state index contributed by atoms with van der Waals surface area (Å²) in [6.07, 6.45) is -0.720. The highest BCUT2D eigenvalue weighted by Crippen LogP contribution is 2.28. The van der Waals surface area contributed by atoms with E-state index in [1.165, 1.54) is 25.3 Å². The number of hydrogen-bond donors (Lipinski definition) is 1. The number of nitro groups is 1. The van der Waals surface area contributed by atoms with Crippen molar-refractivity contribution < 1.29 is 19.2 Å². The van der Waals surface area contributed by atoms with Crippen LogP contribution in [0.25, 0.3) is 0 Å². The number of nitrogens with one attached hydrogen (secondary N) is 1. The van der Waals surface area contributed by atoms with E-state index in [-0.39, 0.29) is 23.9 Å². The van der Waals surface area contributed by atoms with E-state index in [2.05, 4.69) is 5.32 Å². The van der Waals surface area contributed by atoms with Crippen molar-refractivity contribution in [2.75, 3.05) is 19.0 Å². The second kappa shape index (κ2) is 6.58. The molecule has 7 heteroatoms. The first-order valence-corrected chi connectivity index (χ1v) is 5.70. The first-order chi connectivity index (χ1) is 8.93. The van der Waals surface area contributed by atoms with Gasteiger partial charge in [0.1, 0.15) is 11.4 Å². The second-order valence-electron chi connectivity index (χ2n) is 4.26. The number of carbonyl (C=O) groups excluding carboxylic acids is 1. The highest BCUT2D eigenvalue weighted by atomic mass is 16.6. The van der Waals surface area contributed by atoms with Crippen LogP contribution in [-0.4, -0.2) is 24.7 Å². The van der Waals surface area contributed by atoms with Crippen LogP contribution in [0.15, 0.2) is 18.2 Å². The lowest BCUT2D eigenvalue weighted by Gasteiger charge is -2.09. The van der Waals surface area contributed by atoms with Gasteiger partial charge in [0.15, 0.2) is 0 Å². The molecule has 1 amide bonds. The number of anilines is 1. The van der Waals surface area contributed by atoms with Crippen molar-refractivity contribution in [2.24, 2.45) is 5.92 Å². The Labute approximate surface area is 110 Å². The fourth-order valence-electron chi connectivity index (χ4n) is 1.28. The number of benzene rings is 1. The molecule has 0 bridgehead atoms. The Morgan fingerprint density at radius 2 is 2.16 bits per heavy atom. The molecule has 19 heavy (non-hydrogen) atoms. The molecule has 0 aromatic heterocycles. The average Bonchev–Trinajstić information content (AvgIpc) is 2.36. The third kappa shape index (κ3) is 4.46. The zero-order valence-corrected chi connectivity index (χ0v) is 11.0. The van der Waals surface area contributed by atoms with E-state index in [1.54, 1.807) is 0 Å². The maximum Gasteiger partial charge on any atom is 0.411 e. The van der Waals surface area contributed by atoms with Crippen LogP contribution in [0.1, 0.15) is 13.8 Å². The van der Waals surface area contributed by atoms with Crippen molar-refractivity contribution >= 4 is 17.5 Å². The fourth-order valence-corrected chi connectivity index (χ4v) is 1.28. The molecule has 7 nitrogen and oxygen atoms in total. The first-order valence-electron chi connectivity index (χ1n) is 5.70. The summed E-state index contributed by atoms with van der Waals surface area (Å²) in [4.78, 5) is 21.8. The van der Waals surface area contributed by atoms with Gasteiger partial charge in [-0.25, -0.2) is 4.79 Å². The van der Waals surface area contributed by atoms with Crippen molar-refractivity contribution in [1.82, 2.24) is 0 Å².